The Morgan fingerprint density at radius 2 is 1.77 bits per heavy atom. The number of piperazine rings is 1. The number of carbonyl (C=O) groups excluding carboxylic acids is 1. The third-order valence-corrected chi connectivity index (χ3v) is 7.34. The summed E-state index contributed by atoms with van der Waals surface area (Å²) >= 11 is 0. The van der Waals surface area contributed by atoms with E-state index in [1.54, 1.807) is 17.0 Å². The number of ether oxygens (including phenoxy) is 1. The molecule has 0 bridgehead atoms. The second-order valence-electron chi connectivity index (χ2n) is 7.32. The summed E-state index contributed by atoms with van der Waals surface area (Å²) in [4.78, 5) is 29.9. The third-order valence-electron chi connectivity index (χ3n) is 5.47. The lowest BCUT2D eigenvalue weighted by Crippen LogP contribution is -2.48. The van der Waals surface area contributed by atoms with Gasteiger partial charge in [0.1, 0.15) is 10.6 Å². The second kappa shape index (κ2) is 8.65. The molecule has 166 valence electrons. The minimum atomic E-state index is -3.67. The number of sulfonamides is 1. The zero-order chi connectivity index (χ0) is 22.0. The summed E-state index contributed by atoms with van der Waals surface area (Å²) in [7, 11) is -3.67. The van der Waals surface area contributed by atoms with E-state index in [-0.39, 0.29) is 35.3 Å². The first-order chi connectivity index (χ1) is 14.9. The largest absolute Gasteiger partial charge is 0.379 e. The zero-order valence-electron chi connectivity index (χ0n) is 16.8. The fraction of sp³-hybridized carbons (Fsp3) is 0.421. The number of carbonyl (C=O) groups is 1. The van der Waals surface area contributed by atoms with Crippen LogP contribution in [0.15, 0.2) is 41.4 Å². The number of aromatic amines is 1. The molecule has 1 N–H and O–H groups in total. The summed E-state index contributed by atoms with van der Waals surface area (Å²) in [6.45, 7) is 3.17. The van der Waals surface area contributed by atoms with Crippen LogP contribution in [0.1, 0.15) is 10.5 Å². The predicted molar refractivity (Wildman–Crippen MR) is 112 cm³/mol. The van der Waals surface area contributed by atoms with Gasteiger partial charge in [0.05, 0.1) is 18.1 Å². The van der Waals surface area contributed by atoms with Crippen LogP contribution in [0.4, 0.5) is 11.4 Å². The van der Waals surface area contributed by atoms with Crippen LogP contribution in [0.2, 0.25) is 0 Å². The molecule has 31 heavy (non-hydrogen) atoms. The van der Waals surface area contributed by atoms with Gasteiger partial charge in [-0.25, -0.2) is 8.42 Å². The number of aromatic nitrogens is 1. The van der Waals surface area contributed by atoms with Crippen LogP contribution >= 0.6 is 0 Å². The quantitative estimate of drug-likeness (QED) is 0.530. The van der Waals surface area contributed by atoms with Gasteiger partial charge in [-0.2, -0.15) is 4.31 Å². The van der Waals surface area contributed by atoms with E-state index in [0.29, 0.717) is 39.4 Å². The molecule has 2 fully saturated rings. The van der Waals surface area contributed by atoms with Crippen molar-refractivity contribution in [1.82, 2.24) is 14.2 Å². The lowest BCUT2D eigenvalue weighted by molar-refractivity contribution is -0.384. The predicted octanol–water partition coefficient (Wildman–Crippen LogP) is 0.906. The molecule has 0 aliphatic carbocycles. The van der Waals surface area contributed by atoms with Gasteiger partial charge in [0, 0.05) is 63.3 Å². The molecule has 0 unspecified atom stereocenters. The van der Waals surface area contributed by atoms with Crippen LogP contribution in [0, 0.1) is 10.1 Å². The van der Waals surface area contributed by atoms with Crippen molar-refractivity contribution in [3.05, 3.63) is 52.3 Å². The Labute approximate surface area is 179 Å². The van der Waals surface area contributed by atoms with Gasteiger partial charge in [-0.05, 0) is 12.1 Å². The smallest absolute Gasteiger partial charge is 0.271 e. The van der Waals surface area contributed by atoms with Gasteiger partial charge in [-0.3, -0.25) is 14.9 Å². The maximum atomic E-state index is 12.9. The van der Waals surface area contributed by atoms with Crippen LogP contribution in [-0.2, 0) is 14.8 Å². The minimum Gasteiger partial charge on any atom is -0.379 e. The molecular formula is C19H23N5O6S. The first-order valence-corrected chi connectivity index (χ1v) is 11.4. The van der Waals surface area contributed by atoms with Crippen LogP contribution in [0.25, 0.3) is 0 Å². The number of hydrogen-bond acceptors (Lipinski definition) is 7. The average molecular weight is 449 g/mol. The number of nitro groups is 1. The lowest BCUT2D eigenvalue weighted by Gasteiger charge is -2.35. The summed E-state index contributed by atoms with van der Waals surface area (Å²) in [6.07, 6.45) is 1.34. The maximum Gasteiger partial charge on any atom is 0.271 e. The van der Waals surface area contributed by atoms with Crippen LogP contribution in [0.5, 0.6) is 0 Å². The molecular weight excluding hydrogens is 426 g/mol. The van der Waals surface area contributed by atoms with Gasteiger partial charge >= 0.3 is 0 Å². The van der Waals surface area contributed by atoms with E-state index < -0.39 is 14.9 Å². The number of nitrogens with zero attached hydrogens (tertiary/aromatic N) is 4. The number of rotatable bonds is 5. The fourth-order valence-electron chi connectivity index (χ4n) is 3.72. The SMILES string of the molecule is O=C(c1cc(S(=O)(=O)N2CCOCC2)c[nH]1)N1CCN(c2cccc([N+](=O)[O-])c2)CC1. The number of nitro benzene ring substituents is 1. The standard InChI is InChI=1S/C19H23N5O6S/c25-19(18-13-17(14-20-18)31(28,29)23-8-10-30-11-9-23)22-6-4-21(5-7-22)15-2-1-3-16(12-15)24(26)27/h1-3,12-14,20H,4-11H2. The first kappa shape index (κ1) is 21.3. The number of hydrogen-bond donors (Lipinski definition) is 1. The Kier molecular flexibility index (Phi) is 5.94. The second-order valence-corrected chi connectivity index (χ2v) is 9.26. The number of morpholine rings is 1. The van der Waals surface area contributed by atoms with Crippen molar-refractivity contribution in [2.45, 2.75) is 4.90 Å². The summed E-state index contributed by atoms with van der Waals surface area (Å²) in [6, 6.07) is 7.78. The summed E-state index contributed by atoms with van der Waals surface area (Å²) in [5.41, 5.74) is 0.979. The van der Waals surface area contributed by atoms with E-state index in [1.165, 1.54) is 28.7 Å². The van der Waals surface area contributed by atoms with E-state index in [2.05, 4.69) is 4.98 Å². The van der Waals surface area contributed by atoms with Crippen LogP contribution in [-0.4, -0.2) is 85.9 Å². The highest BCUT2D eigenvalue weighted by atomic mass is 32.2. The van der Waals surface area contributed by atoms with Gasteiger partial charge < -0.3 is 19.5 Å². The Hall–Kier alpha value is -2.96. The number of non-ortho nitro benzene ring substituents is 1. The van der Waals surface area contributed by atoms with Crippen molar-refractivity contribution >= 4 is 27.3 Å². The topological polar surface area (TPSA) is 129 Å². The summed E-state index contributed by atoms with van der Waals surface area (Å²) < 4.78 is 32.0. The van der Waals surface area contributed by atoms with Crippen LogP contribution < -0.4 is 4.90 Å². The number of anilines is 1. The van der Waals surface area contributed by atoms with Crippen molar-refractivity contribution in [3.63, 3.8) is 0 Å². The van der Waals surface area contributed by atoms with Gasteiger partial charge in [0.25, 0.3) is 11.6 Å². The minimum absolute atomic E-state index is 0.0244. The highest BCUT2D eigenvalue weighted by Crippen LogP contribution is 2.23. The molecule has 0 spiro atoms. The Balaban J connectivity index is 1.40. The Morgan fingerprint density at radius 3 is 2.45 bits per heavy atom. The van der Waals surface area contributed by atoms with Crippen molar-refractivity contribution in [2.24, 2.45) is 0 Å². The van der Waals surface area contributed by atoms with Crippen LogP contribution in [0.3, 0.4) is 0 Å². The highest BCUT2D eigenvalue weighted by Gasteiger charge is 2.29. The zero-order valence-corrected chi connectivity index (χ0v) is 17.6. The first-order valence-electron chi connectivity index (χ1n) is 9.91. The number of nitrogens with one attached hydrogen (secondary N) is 1. The molecule has 2 saturated heterocycles. The molecule has 11 nitrogen and oxygen atoms in total. The van der Waals surface area contributed by atoms with Crippen molar-refractivity contribution in [2.75, 3.05) is 57.4 Å². The normalized spacial score (nSPS) is 18.2. The molecule has 3 heterocycles. The highest BCUT2D eigenvalue weighted by molar-refractivity contribution is 7.89. The number of benzene rings is 1. The van der Waals surface area contributed by atoms with Gasteiger partial charge in [0.2, 0.25) is 10.0 Å². The van der Waals surface area contributed by atoms with Gasteiger partial charge in [-0.15, -0.1) is 0 Å². The third kappa shape index (κ3) is 4.40. The number of amides is 1. The molecule has 1 aromatic heterocycles. The molecule has 2 aliphatic heterocycles. The fourth-order valence-corrected chi connectivity index (χ4v) is 5.13. The molecule has 0 saturated carbocycles. The van der Waals surface area contributed by atoms with E-state index >= 15 is 0 Å². The van der Waals surface area contributed by atoms with E-state index in [9.17, 15) is 23.3 Å². The van der Waals surface area contributed by atoms with Crippen molar-refractivity contribution in [1.29, 1.82) is 0 Å². The monoisotopic (exact) mass is 449 g/mol. The van der Waals surface area contributed by atoms with Gasteiger partial charge in [0.15, 0.2) is 0 Å². The Bertz CT molecular complexity index is 1070. The molecule has 1 amide bonds. The lowest BCUT2D eigenvalue weighted by atomic mass is 10.2. The molecule has 2 aromatic rings. The molecule has 1 aromatic carbocycles. The summed E-state index contributed by atoms with van der Waals surface area (Å²) in [5.74, 6) is -0.276. The van der Waals surface area contributed by atoms with Crippen molar-refractivity contribution < 1.29 is 22.9 Å². The average Bonchev–Trinajstić information content (AvgIpc) is 3.31. The Morgan fingerprint density at radius 1 is 1.06 bits per heavy atom. The van der Waals surface area contributed by atoms with E-state index in [4.69, 9.17) is 4.74 Å². The van der Waals surface area contributed by atoms with Crippen molar-refractivity contribution in [3.8, 4) is 0 Å². The maximum absolute atomic E-state index is 12.9. The van der Waals surface area contributed by atoms with E-state index in [1.807, 2.05) is 4.90 Å². The molecule has 12 heteroatoms. The molecule has 0 radical (unpaired) electrons. The molecule has 4 rings (SSSR count). The molecule has 0 atom stereocenters. The summed E-state index contributed by atoms with van der Waals surface area (Å²) in [5, 5.41) is 11.0. The molecule has 2 aliphatic rings. The van der Waals surface area contributed by atoms with E-state index in [0.717, 1.165) is 5.69 Å². The van der Waals surface area contributed by atoms with Gasteiger partial charge in [-0.1, -0.05) is 6.07 Å². The number of H-pyrrole nitrogens is 1.